The molecule has 0 aliphatic carbocycles. The lowest BCUT2D eigenvalue weighted by Crippen LogP contribution is -2.38. The van der Waals surface area contributed by atoms with Crippen LogP contribution in [0.3, 0.4) is 0 Å². The van der Waals surface area contributed by atoms with Gasteiger partial charge in [-0.25, -0.2) is 8.42 Å². The summed E-state index contributed by atoms with van der Waals surface area (Å²) in [7, 11) is -2.43. The summed E-state index contributed by atoms with van der Waals surface area (Å²) in [5.74, 6) is 0.113. The standard InChI is InChI=1S/C12H18N2O4S/c1-9(2)10(3)13(4)19(17,18)12-8-6-5-7-11(12)14(15)16/h5-10H,1-4H3/t10-/m1/s1. The van der Waals surface area contributed by atoms with E-state index in [-0.39, 0.29) is 16.9 Å². The van der Waals surface area contributed by atoms with Crippen molar-refractivity contribution in [2.45, 2.75) is 31.7 Å². The minimum Gasteiger partial charge on any atom is -0.258 e. The van der Waals surface area contributed by atoms with Gasteiger partial charge in [0, 0.05) is 19.2 Å². The highest BCUT2D eigenvalue weighted by Crippen LogP contribution is 2.27. The van der Waals surface area contributed by atoms with Gasteiger partial charge in [0.1, 0.15) is 0 Å². The highest BCUT2D eigenvalue weighted by Gasteiger charge is 2.32. The molecule has 0 heterocycles. The molecule has 0 unspecified atom stereocenters. The van der Waals surface area contributed by atoms with Crippen molar-refractivity contribution in [3.63, 3.8) is 0 Å². The quantitative estimate of drug-likeness (QED) is 0.614. The SMILES string of the molecule is CC(C)[C@@H](C)N(C)S(=O)(=O)c1ccccc1[N+](=O)[O-]. The maximum Gasteiger partial charge on any atom is 0.289 e. The molecule has 1 aromatic rings. The van der Waals surface area contributed by atoms with Crippen LogP contribution in [0.1, 0.15) is 20.8 Å². The van der Waals surface area contributed by atoms with Gasteiger partial charge >= 0.3 is 0 Å². The summed E-state index contributed by atoms with van der Waals surface area (Å²) in [6.07, 6.45) is 0. The van der Waals surface area contributed by atoms with Gasteiger partial charge in [0.25, 0.3) is 5.69 Å². The van der Waals surface area contributed by atoms with Gasteiger partial charge in [-0.05, 0) is 18.9 Å². The minimum absolute atomic E-state index is 0.113. The van der Waals surface area contributed by atoms with Crippen molar-refractivity contribution in [1.29, 1.82) is 0 Å². The van der Waals surface area contributed by atoms with E-state index in [4.69, 9.17) is 0 Å². The Morgan fingerprint density at radius 3 is 2.21 bits per heavy atom. The molecule has 0 aliphatic heterocycles. The maximum atomic E-state index is 12.4. The molecule has 6 nitrogen and oxygen atoms in total. The molecular formula is C12H18N2O4S. The first-order valence-corrected chi connectivity index (χ1v) is 7.35. The third-order valence-electron chi connectivity index (χ3n) is 3.26. The molecule has 0 aliphatic rings. The van der Waals surface area contributed by atoms with E-state index in [2.05, 4.69) is 0 Å². The van der Waals surface area contributed by atoms with Gasteiger partial charge in [-0.2, -0.15) is 4.31 Å². The summed E-state index contributed by atoms with van der Waals surface area (Å²) < 4.78 is 26.0. The number of sulfonamides is 1. The molecule has 0 fully saturated rings. The average Bonchev–Trinajstić information content (AvgIpc) is 2.36. The molecule has 0 saturated carbocycles. The van der Waals surface area contributed by atoms with Gasteiger partial charge in [0.05, 0.1) is 4.92 Å². The van der Waals surface area contributed by atoms with Crippen LogP contribution in [0, 0.1) is 16.0 Å². The Labute approximate surface area is 113 Å². The Morgan fingerprint density at radius 2 is 1.74 bits per heavy atom. The van der Waals surface area contributed by atoms with E-state index >= 15 is 0 Å². The highest BCUT2D eigenvalue weighted by atomic mass is 32.2. The van der Waals surface area contributed by atoms with Crippen LogP contribution in [0.2, 0.25) is 0 Å². The van der Waals surface area contributed by atoms with E-state index in [9.17, 15) is 18.5 Å². The van der Waals surface area contributed by atoms with E-state index in [0.29, 0.717) is 0 Å². The predicted octanol–water partition coefficient (Wildman–Crippen LogP) is 2.26. The van der Waals surface area contributed by atoms with Gasteiger partial charge in [-0.15, -0.1) is 0 Å². The first-order valence-electron chi connectivity index (χ1n) is 5.91. The molecule has 1 aromatic carbocycles. The van der Waals surface area contributed by atoms with E-state index in [1.54, 1.807) is 6.92 Å². The lowest BCUT2D eigenvalue weighted by atomic mass is 10.1. The zero-order valence-electron chi connectivity index (χ0n) is 11.4. The number of para-hydroxylation sites is 1. The van der Waals surface area contributed by atoms with Gasteiger partial charge in [-0.1, -0.05) is 26.0 Å². The number of hydrogen-bond acceptors (Lipinski definition) is 4. The number of rotatable bonds is 5. The van der Waals surface area contributed by atoms with E-state index in [1.807, 2.05) is 13.8 Å². The van der Waals surface area contributed by atoms with E-state index < -0.39 is 20.6 Å². The van der Waals surface area contributed by atoms with E-state index in [1.165, 1.54) is 35.6 Å². The van der Waals surface area contributed by atoms with Gasteiger partial charge in [-0.3, -0.25) is 10.1 Å². The molecule has 0 amide bonds. The lowest BCUT2D eigenvalue weighted by Gasteiger charge is -2.26. The fraction of sp³-hybridized carbons (Fsp3) is 0.500. The van der Waals surface area contributed by atoms with Crippen molar-refractivity contribution in [3.8, 4) is 0 Å². The van der Waals surface area contributed by atoms with Crippen LogP contribution in [-0.2, 0) is 10.0 Å². The first kappa shape index (κ1) is 15.6. The van der Waals surface area contributed by atoms with Crippen molar-refractivity contribution < 1.29 is 13.3 Å². The van der Waals surface area contributed by atoms with E-state index in [0.717, 1.165) is 0 Å². The molecule has 0 spiro atoms. The van der Waals surface area contributed by atoms with Gasteiger partial charge in [0.15, 0.2) is 4.90 Å². The van der Waals surface area contributed by atoms with Crippen LogP contribution in [0.15, 0.2) is 29.2 Å². The summed E-state index contributed by atoms with van der Waals surface area (Å²) in [6.45, 7) is 5.57. The third kappa shape index (κ3) is 3.10. The van der Waals surface area contributed by atoms with Crippen molar-refractivity contribution in [3.05, 3.63) is 34.4 Å². The van der Waals surface area contributed by atoms with Crippen LogP contribution in [0.25, 0.3) is 0 Å². The molecule has 1 atom stereocenters. The largest absolute Gasteiger partial charge is 0.289 e. The molecule has 0 radical (unpaired) electrons. The fourth-order valence-corrected chi connectivity index (χ4v) is 3.27. The smallest absolute Gasteiger partial charge is 0.258 e. The number of hydrogen-bond donors (Lipinski definition) is 0. The number of nitro groups is 1. The van der Waals surface area contributed by atoms with Crippen LogP contribution in [-0.4, -0.2) is 30.7 Å². The number of nitro benzene ring substituents is 1. The minimum atomic E-state index is -3.87. The Morgan fingerprint density at radius 1 is 1.21 bits per heavy atom. The van der Waals surface area contributed by atoms with Crippen LogP contribution in [0.4, 0.5) is 5.69 Å². The average molecular weight is 286 g/mol. The molecule has 0 N–H and O–H groups in total. The summed E-state index contributed by atoms with van der Waals surface area (Å²) >= 11 is 0. The number of nitrogens with zero attached hydrogens (tertiary/aromatic N) is 2. The normalized spacial score (nSPS) is 13.8. The van der Waals surface area contributed by atoms with Crippen LogP contribution in [0.5, 0.6) is 0 Å². The lowest BCUT2D eigenvalue weighted by molar-refractivity contribution is -0.387. The highest BCUT2D eigenvalue weighted by molar-refractivity contribution is 7.89. The Hall–Kier alpha value is -1.47. The second kappa shape index (κ2) is 5.66. The fourth-order valence-electron chi connectivity index (χ4n) is 1.62. The van der Waals surface area contributed by atoms with Crippen molar-refractivity contribution in [1.82, 2.24) is 4.31 Å². The summed E-state index contributed by atoms with van der Waals surface area (Å²) in [5, 5.41) is 10.9. The van der Waals surface area contributed by atoms with Gasteiger partial charge in [0.2, 0.25) is 10.0 Å². The van der Waals surface area contributed by atoms with Crippen LogP contribution < -0.4 is 0 Å². The topological polar surface area (TPSA) is 80.5 Å². The zero-order valence-corrected chi connectivity index (χ0v) is 12.2. The molecule has 0 saturated heterocycles. The van der Waals surface area contributed by atoms with Crippen molar-refractivity contribution in [2.75, 3.05) is 7.05 Å². The maximum absolute atomic E-state index is 12.4. The second-order valence-corrected chi connectivity index (χ2v) is 6.70. The second-order valence-electron chi connectivity index (χ2n) is 4.73. The predicted molar refractivity (Wildman–Crippen MR) is 72.3 cm³/mol. The molecule has 19 heavy (non-hydrogen) atoms. The summed E-state index contributed by atoms with van der Waals surface area (Å²) in [4.78, 5) is 9.97. The molecule has 7 heteroatoms. The number of benzene rings is 1. The molecular weight excluding hydrogens is 268 g/mol. The Kier molecular flexibility index (Phi) is 4.65. The molecule has 0 bridgehead atoms. The molecule has 0 aromatic heterocycles. The summed E-state index contributed by atoms with van der Waals surface area (Å²) in [5.41, 5.74) is -0.398. The van der Waals surface area contributed by atoms with Crippen molar-refractivity contribution >= 4 is 15.7 Å². The molecule has 1 rings (SSSR count). The van der Waals surface area contributed by atoms with Gasteiger partial charge < -0.3 is 0 Å². The zero-order chi connectivity index (χ0) is 14.8. The first-order chi connectivity index (χ1) is 8.69. The molecule has 106 valence electrons. The van der Waals surface area contributed by atoms with Crippen molar-refractivity contribution in [2.24, 2.45) is 5.92 Å². The Bertz CT molecular complexity index is 569. The Balaban J connectivity index is 3.32. The van der Waals surface area contributed by atoms with Crippen LogP contribution >= 0.6 is 0 Å². The third-order valence-corrected chi connectivity index (χ3v) is 5.25. The monoisotopic (exact) mass is 286 g/mol. The summed E-state index contributed by atoms with van der Waals surface area (Å²) in [6, 6.07) is 5.14.